The standard InChI is InChI=1S/C23H27NO6/c1-6-29-22-13-16(8-11-20(22)30-15-23(26)24(2)3)7-10-18(25)17-9-12-19(27-4)21(14-17)28-5/h7-14H,6,15H2,1-5H3/b10-7+. The predicted octanol–water partition coefficient (Wildman–Crippen LogP) is 3.47. The van der Waals surface area contributed by atoms with E-state index in [1.165, 1.54) is 18.1 Å². The van der Waals surface area contributed by atoms with Crippen LogP contribution in [0.2, 0.25) is 0 Å². The van der Waals surface area contributed by atoms with Crippen LogP contribution in [-0.4, -0.2) is 58.1 Å². The van der Waals surface area contributed by atoms with Crippen LogP contribution < -0.4 is 18.9 Å². The smallest absolute Gasteiger partial charge is 0.259 e. The molecule has 0 spiro atoms. The Bertz CT molecular complexity index is 920. The predicted molar refractivity (Wildman–Crippen MR) is 115 cm³/mol. The molecule has 0 N–H and O–H groups in total. The first-order valence-corrected chi connectivity index (χ1v) is 9.43. The van der Waals surface area contributed by atoms with Crippen molar-refractivity contribution in [3.05, 3.63) is 53.6 Å². The maximum absolute atomic E-state index is 12.5. The molecule has 0 unspecified atom stereocenters. The molecular formula is C23H27NO6. The van der Waals surface area contributed by atoms with Crippen LogP contribution in [-0.2, 0) is 4.79 Å². The van der Waals surface area contributed by atoms with Gasteiger partial charge >= 0.3 is 0 Å². The second kappa shape index (κ2) is 10.9. The fourth-order valence-corrected chi connectivity index (χ4v) is 2.54. The first kappa shape index (κ1) is 22.8. The Morgan fingerprint density at radius 2 is 1.60 bits per heavy atom. The van der Waals surface area contributed by atoms with E-state index in [0.29, 0.717) is 35.2 Å². The molecule has 0 saturated carbocycles. The van der Waals surface area contributed by atoms with Gasteiger partial charge in [0.05, 0.1) is 20.8 Å². The fraction of sp³-hybridized carbons (Fsp3) is 0.304. The number of likely N-dealkylation sites (N-methyl/N-ethyl adjacent to an activating group) is 1. The van der Waals surface area contributed by atoms with Gasteiger partial charge in [0.2, 0.25) is 0 Å². The van der Waals surface area contributed by atoms with Crippen molar-refractivity contribution in [3.8, 4) is 23.0 Å². The van der Waals surface area contributed by atoms with Gasteiger partial charge in [-0.05, 0) is 48.9 Å². The molecule has 2 rings (SSSR count). The van der Waals surface area contributed by atoms with Crippen LogP contribution in [0, 0.1) is 0 Å². The zero-order valence-electron chi connectivity index (χ0n) is 17.9. The van der Waals surface area contributed by atoms with E-state index in [-0.39, 0.29) is 18.3 Å². The maximum Gasteiger partial charge on any atom is 0.259 e. The molecule has 1 amide bonds. The number of ketones is 1. The van der Waals surface area contributed by atoms with Gasteiger partial charge in [0.15, 0.2) is 35.4 Å². The summed E-state index contributed by atoms with van der Waals surface area (Å²) in [5, 5.41) is 0. The molecule has 0 radical (unpaired) electrons. The Balaban J connectivity index is 2.17. The van der Waals surface area contributed by atoms with Gasteiger partial charge in [-0.1, -0.05) is 12.1 Å². The molecule has 0 aliphatic carbocycles. The number of hydrogen-bond donors (Lipinski definition) is 0. The number of carbonyl (C=O) groups excluding carboxylic acids is 2. The lowest BCUT2D eigenvalue weighted by Gasteiger charge is -2.14. The Morgan fingerprint density at radius 1 is 0.900 bits per heavy atom. The monoisotopic (exact) mass is 413 g/mol. The highest BCUT2D eigenvalue weighted by molar-refractivity contribution is 6.07. The van der Waals surface area contributed by atoms with E-state index < -0.39 is 0 Å². The van der Waals surface area contributed by atoms with E-state index in [2.05, 4.69) is 0 Å². The molecule has 2 aromatic rings. The Hall–Kier alpha value is -3.48. The Kier molecular flexibility index (Phi) is 8.29. The van der Waals surface area contributed by atoms with Gasteiger partial charge in [0.1, 0.15) is 0 Å². The Labute approximate surface area is 176 Å². The van der Waals surface area contributed by atoms with Crippen LogP contribution in [0.4, 0.5) is 0 Å². The van der Waals surface area contributed by atoms with Crippen LogP contribution in [0.15, 0.2) is 42.5 Å². The lowest BCUT2D eigenvalue weighted by atomic mass is 10.1. The van der Waals surface area contributed by atoms with E-state index in [1.54, 1.807) is 63.7 Å². The summed E-state index contributed by atoms with van der Waals surface area (Å²) in [7, 11) is 6.39. The summed E-state index contributed by atoms with van der Waals surface area (Å²) in [4.78, 5) is 25.7. The van der Waals surface area contributed by atoms with E-state index >= 15 is 0 Å². The van der Waals surface area contributed by atoms with Crippen LogP contribution in [0.25, 0.3) is 6.08 Å². The number of rotatable bonds is 10. The quantitative estimate of drug-likeness (QED) is 0.439. The summed E-state index contributed by atoms with van der Waals surface area (Å²) >= 11 is 0. The number of hydrogen-bond acceptors (Lipinski definition) is 6. The highest BCUT2D eigenvalue weighted by Crippen LogP contribution is 2.30. The lowest BCUT2D eigenvalue weighted by Crippen LogP contribution is -2.27. The molecule has 2 aromatic carbocycles. The molecule has 7 nitrogen and oxygen atoms in total. The minimum Gasteiger partial charge on any atom is -0.493 e. The first-order chi connectivity index (χ1) is 14.4. The van der Waals surface area contributed by atoms with Gasteiger partial charge in [0.25, 0.3) is 5.91 Å². The minimum absolute atomic E-state index is 0.0833. The van der Waals surface area contributed by atoms with Crippen molar-refractivity contribution in [3.63, 3.8) is 0 Å². The number of ether oxygens (including phenoxy) is 4. The van der Waals surface area contributed by atoms with Crippen molar-refractivity contribution in [2.45, 2.75) is 6.92 Å². The fourth-order valence-electron chi connectivity index (χ4n) is 2.54. The number of benzene rings is 2. The Morgan fingerprint density at radius 3 is 2.23 bits per heavy atom. The first-order valence-electron chi connectivity index (χ1n) is 9.43. The van der Waals surface area contributed by atoms with Gasteiger partial charge in [-0.25, -0.2) is 0 Å². The second-order valence-corrected chi connectivity index (χ2v) is 6.48. The molecule has 0 aromatic heterocycles. The SMILES string of the molecule is CCOc1cc(/C=C/C(=O)c2ccc(OC)c(OC)c2)ccc1OCC(=O)N(C)C. The second-order valence-electron chi connectivity index (χ2n) is 6.48. The number of nitrogens with zero attached hydrogens (tertiary/aromatic N) is 1. The summed E-state index contributed by atoms with van der Waals surface area (Å²) in [6.45, 7) is 2.22. The largest absolute Gasteiger partial charge is 0.493 e. The highest BCUT2D eigenvalue weighted by atomic mass is 16.5. The summed E-state index contributed by atoms with van der Waals surface area (Å²) in [5.74, 6) is 1.69. The van der Waals surface area contributed by atoms with Crippen LogP contribution in [0.1, 0.15) is 22.8 Å². The molecule has 0 aliphatic heterocycles. The zero-order chi connectivity index (χ0) is 22.1. The van der Waals surface area contributed by atoms with Crippen molar-refractivity contribution in [2.75, 3.05) is 41.5 Å². The average molecular weight is 413 g/mol. The molecule has 0 fully saturated rings. The lowest BCUT2D eigenvalue weighted by molar-refractivity contribution is -0.130. The van der Waals surface area contributed by atoms with Gasteiger partial charge in [0, 0.05) is 19.7 Å². The molecule has 0 heterocycles. The number of amides is 1. The third-order valence-corrected chi connectivity index (χ3v) is 4.21. The van der Waals surface area contributed by atoms with Crippen LogP contribution >= 0.6 is 0 Å². The van der Waals surface area contributed by atoms with E-state index in [9.17, 15) is 9.59 Å². The number of methoxy groups -OCH3 is 2. The summed E-state index contributed by atoms with van der Waals surface area (Å²) in [5.41, 5.74) is 1.25. The normalized spacial score (nSPS) is 10.6. The average Bonchev–Trinajstić information content (AvgIpc) is 2.76. The molecule has 30 heavy (non-hydrogen) atoms. The van der Waals surface area contributed by atoms with Crippen molar-refractivity contribution in [1.82, 2.24) is 4.90 Å². The molecule has 7 heteroatoms. The van der Waals surface area contributed by atoms with Crippen molar-refractivity contribution in [2.24, 2.45) is 0 Å². The van der Waals surface area contributed by atoms with E-state index in [4.69, 9.17) is 18.9 Å². The van der Waals surface area contributed by atoms with Gasteiger partial charge in [-0.15, -0.1) is 0 Å². The molecule has 0 saturated heterocycles. The summed E-state index contributed by atoms with van der Waals surface area (Å²) in [6.07, 6.45) is 3.17. The summed E-state index contributed by atoms with van der Waals surface area (Å²) < 4.78 is 21.6. The van der Waals surface area contributed by atoms with Gasteiger partial charge in [-0.3, -0.25) is 9.59 Å². The number of allylic oxidation sites excluding steroid dienone is 1. The van der Waals surface area contributed by atoms with Gasteiger partial charge < -0.3 is 23.8 Å². The molecule has 0 aliphatic rings. The van der Waals surface area contributed by atoms with E-state index in [0.717, 1.165) is 5.56 Å². The highest BCUT2D eigenvalue weighted by Gasteiger charge is 2.11. The van der Waals surface area contributed by atoms with Crippen LogP contribution in [0.3, 0.4) is 0 Å². The van der Waals surface area contributed by atoms with Crippen molar-refractivity contribution >= 4 is 17.8 Å². The van der Waals surface area contributed by atoms with Crippen LogP contribution in [0.5, 0.6) is 23.0 Å². The molecule has 0 bridgehead atoms. The van der Waals surface area contributed by atoms with Crippen molar-refractivity contribution < 1.29 is 28.5 Å². The molecular weight excluding hydrogens is 386 g/mol. The topological polar surface area (TPSA) is 74.3 Å². The summed E-state index contributed by atoms with van der Waals surface area (Å²) in [6, 6.07) is 10.3. The maximum atomic E-state index is 12.5. The van der Waals surface area contributed by atoms with Gasteiger partial charge in [-0.2, -0.15) is 0 Å². The number of carbonyl (C=O) groups is 2. The zero-order valence-corrected chi connectivity index (χ0v) is 17.9. The van der Waals surface area contributed by atoms with Crippen molar-refractivity contribution in [1.29, 1.82) is 0 Å². The molecule has 0 atom stereocenters. The minimum atomic E-state index is -0.175. The third-order valence-electron chi connectivity index (χ3n) is 4.21. The molecule has 160 valence electrons. The van der Waals surface area contributed by atoms with E-state index in [1.807, 2.05) is 6.92 Å². The third kappa shape index (κ3) is 6.01.